The van der Waals surface area contributed by atoms with Crippen molar-refractivity contribution >= 4 is 35.6 Å². The number of halogens is 1. The van der Waals surface area contributed by atoms with E-state index in [0.717, 1.165) is 61.4 Å². The first kappa shape index (κ1) is 24.9. The molecular formula is C23H33IN4O3. The Kier molecular flexibility index (Phi) is 10.6. The van der Waals surface area contributed by atoms with Crippen molar-refractivity contribution in [2.24, 2.45) is 4.99 Å². The molecule has 8 heteroatoms. The van der Waals surface area contributed by atoms with Gasteiger partial charge in [0.15, 0.2) is 5.96 Å². The first-order valence-corrected chi connectivity index (χ1v) is 10.4. The second-order valence-electron chi connectivity index (χ2n) is 7.13. The van der Waals surface area contributed by atoms with Gasteiger partial charge in [0.25, 0.3) is 0 Å². The van der Waals surface area contributed by atoms with Gasteiger partial charge in [0.1, 0.15) is 17.2 Å². The van der Waals surface area contributed by atoms with Crippen LogP contribution in [0.25, 0.3) is 0 Å². The minimum absolute atomic E-state index is 0. The molecule has 7 nitrogen and oxygen atoms in total. The quantitative estimate of drug-likeness (QED) is 0.220. The average molecular weight is 540 g/mol. The number of guanidine groups is 1. The highest BCUT2D eigenvalue weighted by Gasteiger charge is 2.25. The van der Waals surface area contributed by atoms with E-state index < -0.39 is 0 Å². The van der Waals surface area contributed by atoms with Crippen molar-refractivity contribution in [3.05, 3.63) is 48.5 Å². The topological polar surface area (TPSA) is 67.4 Å². The molecule has 1 atom stereocenters. The number of hydrogen-bond donors (Lipinski definition) is 2. The number of aliphatic imine (C=N–C) groups is 1. The molecule has 1 fully saturated rings. The van der Waals surface area contributed by atoms with E-state index in [-0.39, 0.29) is 24.0 Å². The van der Waals surface area contributed by atoms with Gasteiger partial charge in [0, 0.05) is 38.8 Å². The molecule has 0 aromatic heterocycles. The summed E-state index contributed by atoms with van der Waals surface area (Å²) in [5, 5.41) is 6.90. The van der Waals surface area contributed by atoms with Crippen LogP contribution in [-0.4, -0.2) is 59.5 Å². The Bertz CT molecular complexity index is 834. The van der Waals surface area contributed by atoms with Crippen LogP contribution in [-0.2, 0) is 0 Å². The number of ether oxygens (including phenoxy) is 3. The van der Waals surface area contributed by atoms with E-state index in [2.05, 4.69) is 26.6 Å². The summed E-state index contributed by atoms with van der Waals surface area (Å²) in [5.41, 5.74) is 1.14. The zero-order valence-corrected chi connectivity index (χ0v) is 20.8. The van der Waals surface area contributed by atoms with E-state index in [4.69, 9.17) is 14.2 Å². The van der Waals surface area contributed by atoms with Gasteiger partial charge in [-0.15, -0.1) is 24.0 Å². The van der Waals surface area contributed by atoms with Gasteiger partial charge < -0.3 is 29.7 Å². The second kappa shape index (κ2) is 13.1. The van der Waals surface area contributed by atoms with Crippen LogP contribution in [0.5, 0.6) is 17.2 Å². The first-order valence-electron chi connectivity index (χ1n) is 10.4. The number of nitrogens with zero attached hydrogens (tertiary/aromatic N) is 2. The SMILES string of the molecule is CN=C(NCCCOc1cccc(OC)c1)NC1CCN(c2ccccc2OC)C1.I. The van der Waals surface area contributed by atoms with Crippen LogP contribution >= 0.6 is 24.0 Å². The molecule has 0 saturated carbocycles. The number of anilines is 1. The third kappa shape index (κ3) is 7.37. The van der Waals surface area contributed by atoms with Crippen LogP contribution in [0.2, 0.25) is 0 Å². The Labute approximate surface area is 202 Å². The molecule has 1 aliphatic heterocycles. The Morgan fingerprint density at radius 3 is 2.68 bits per heavy atom. The van der Waals surface area contributed by atoms with E-state index in [1.807, 2.05) is 42.5 Å². The molecule has 2 aromatic rings. The Morgan fingerprint density at radius 1 is 1.10 bits per heavy atom. The molecule has 0 bridgehead atoms. The molecule has 1 unspecified atom stereocenters. The fourth-order valence-electron chi connectivity index (χ4n) is 3.54. The second-order valence-corrected chi connectivity index (χ2v) is 7.13. The van der Waals surface area contributed by atoms with E-state index in [0.29, 0.717) is 12.6 Å². The summed E-state index contributed by atoms with van der Waals surface area (Å²) in [6, 6.07) is 16.2. The summed E-state index contributed by atoms with van der Waals surface area (Å²) < 4.78 is 16.5. The first-order chi connectivity index (χ1) is 14.7. The molecule has 0 aliphatic carbocycles. The maximum atomic E-state index is 5.78. The third-order valence-electron chi connectivity index (χ3n) is 5.10. The molecule has 0 amide bonds. The fraction of sp³-hybridized carbons (Fsp3) is 0.435. The minimum atomic E-state index is 0. The summed E-state index contributed by atoms with van der Waals surface area (Å²) in [5.74, 6) is 3.35. The van der Waals surface area contributed by atoms with Gasteiger partial charge in [-0.1, -0.05) is 18.2 Å². The lowest BCUT2D eigenvalue weighted by Gasteiger charge is -2.22. The van der Waals surface area contributed by atoms with Crippen molar-refractivity contribution in [1.29, 1.82) is 0 Å². The number of rotatable bonds is 9. The molecule has 170 valence electrons. The van der Waals surface area contributed by atoms with E-state index in [9.17, 15) is 0 Å². The van der Waals surface area contributed by atoms with Crippen LogP contribution in [0.4, 0.5) is 5.69 Å². The molecule has 3 rings (SSSR count). The van der Waals surface area contributed by atoms with Crippen LogP contribution in [0.15, 0.2) is 53.5 Å². The summed E-state index contributed by atoms with van der Waals surface area (Å²) in [6.07, 6.45) is 1.92. The lowest BCUT2D eigenvalue weighted by molar-refractivity contribution is 0.308. The predicted molar refractivity (Wildman–Crippen MR) is 137 cm³/mol. The standard InChI is InChI=1S/C23H32N4O3.HI/c1-24-23(25-13-7-15-30-20-9-6-8-19(16-20)28-2)26-18-12-14-27(17-18)21-10-4-5-11-22(21)29-3;/h4-6,8-11,16,18H,7,12-15,17H2,1-3H3,(H2,24,25,26);1H. The van der Waals surface area contributed by atoms with Crippen LogP contribution < -0.4 is 29.7 Å². The van der Waals surface area contributed by atoms with Gasteiger partial charge in [0.05, 0.1) is 26.5 Å². The van der Waals surface area contributed by atoms with Gasteiger partial charge in [-0.05, 0) is 37.1 Å². The third-order valence-corrected chi connectivity index (χ3v) is 5.10. The van der Waals surface area contributed by atoms with Crippen molar-refractivity contribution in [1.82, 2.24) is 10.6 Å². The summed E-state index contributed by atoms with van der Waals surface area (Å²) >= 11 is 0. The lowest BCUT2D eigenvalue weighted by Crippen LogP contribution is -2.45. The largest absolute Gasteiger partial charge is 0.497 e. The van der Waals surface area contributed by atoms with E-state index in [1.54, 1.807) is 21.3 Å². The highest BCUT2D eigenvalue weighted by molar-refractivity contribution is 14.0. The van der Waals surface area contributed by atoms with E-state index >= 15 is 0 Å². The Morgan fingerprint density at radius 2 is 1.90 bits per heavy atom. The monoisotopic (exact) mass is 540 g/mol. The van der Waals surface area contributed by atoms with Crippen molar-refractivity contribution in [3.63, 3.8) is 0 Å². The maximum Gasteiger partial charge on any atom is 0.191 e. The smallest absolute Gasteiger partial charge is 0.191 e. The van der Waals surface area contributed by atoms with Gasteiger partial charge in [-0.25, -0.2) is 0 Å². The minimum Gasteiger partial charge on any atom is -0.497 e. The molecular weight excluding hydrogens is 507 g/mol. The molecule has 2 aromatic carbocycles. The Balaban J connectivity index is 0.00000341. The molecule has 1 aliphatic rings. The summed E-state index contributed by atoms with van der Waals surface area (Å²) in [7, 11) is 5.17. The Hall–Kier alpha value is -2.36. The molecule has 1 heterocycles. The average Bonchev–Trinajstić information content (AvgIpc) is 3.26. The zero-order valence-electron chi connectivity index (χ0n) is 18.5. The van der Waals surface area contributed by atoms with Crippen molar-refractivity contribution in [2.75, 3.05) is 52.4 Å². The number of benzene rings is 2. The van der Waals surface area contributed by atoms with Crippen LogP contribution in [0.1, 0.15) is 12.8 Å². The van der Waals surface area contributed by atoms with E-state index in [1.165, 1.54) is 0 Å². The summed E-state index contributed by atoms with van der Waals surface area (Å²) in [6.45, 7) is 3.32. The highest BCUT2D eigenvalue weighted by Crippen LogP contribution is 2.30. The lowest BCUT2D eigenvalue weighted by atomic mass is 10.2. The maximum absolute atomic E-state index is 5.78. The van der Waals surface area contributed by atoms with Crippen LogP contribution in [0.3, 0.4) is 0 Å². The highest BCUT2D eigenvalue weighted by atomic mass is 127. The van der Waals surface area contributed by atoms with Gasteiger partial charge in [-0.2, -0.15) is 0 Å². The van der Waals surface area contributed by atoms with Crippen molar-refractivity contribution < 1.29 is 14.2 Å². The normalized spacial score (nSPS) is 15.8. The van der Waals surface area contributed by atoms with Gasteiger partial charge >= 0.3 is 0 Å². The molecule has 2 N–H and O–H groups in total. The van der Waals surface area contributed by atoms with Crippen molar-refractivity contribution in [2.45, 2.75) is 18.9 Å². The number of para-hydroxylation sites is 2. The fourth-order valence-corrected chi connectivity index (χ4v) is 3.54. The number of hydrogen-bond acceptors (Lipinski definition) is 5. The van der Waals surface area contributed by atoms with Gasteiger partial charge in [-0.3, -0.25) is 4.99 Å². The molecule has 31 heavy (non-hydrogen) atoms. The van der Waals surface area contributed by atoms with Crippen LogP contribution in [0, 0.1) is 0 Å². The molecule has 0 spiro atoms. The predicted octanol–water partition coefficient (Wildman–Crippen LogP) is 3.53. The number of methoxy groups -OCH3 is 2. The molecule has 0 radical (unpaired) electrons. The number of nitrogens with one attached hydrogen (secondary N) is 2. The van der Waals surface area contributed by atoms with Crippen molar-refractivity contribution in [3.8, 4) is 17.2 Å². The van der Waals surface area contributed by atoms with Gasteiger partial charge in [0.2, 0.25) is 0 Å². The zero-order chi connectivity index (χ0) is 21.2. The summed E-state index contributed by atoms with van der Waals surface area (Å²) in [4.78, 5) is 6.71. The molecule has 1 saturated heterocycles.